The van der Waals surface area contributed by atoms with E-state index in [0.717, 1.165) is 34.5 Å². The third-order valence-electron chi connectivity index (χ3n) is 3.73. The molecule has 1 N–H and O–H groups in total. The van der Waals surface area contributed by atoms with E-state index in [1.165, 1.54) is 11.3 Å². The van der Waals surface area contributed by atoms with Gasteiger partial charge in [0.05, 0.1) is 10.6 Å². The van der Waals surface area contributed by atoms with E-state index in [-0.39, 0.29) is 16.0 Å². The van der Waals surface area contributed by atoms with Crippen LogP contribution in [0.5, 0.6) is 0 Å². The number of aryl methyl sites for hydroxylation is 1. The van der Waals surface area contributed by atoms with Gasteiger partial charge in [-0.15, -0.1) is 0 Å². The molecule has 0 aliphatic heterocycles. The maximum absolute atomic E-state index is 12.5. The number of hydrogen-bond acceptors (Lipinski definition) is 7. The second-order valence-corrected chi connectivity index (χ2v) is 7.36. The summed E-state index contributed by atoms with van der Waals surface area (Å²) in [5, 5.41) is 13.4. The highest BCUT2D eigenvalue weighted by atomic mass is 32.1. The molecule has 8 nitrogen and oxygen atoms in total. The second kappa shape index (κ2) is 6.32. The fourth-order valence-electron chi connectivity index (χ4n) is 2.47. The molecule has 0 saturated carbocycles. The highest BCUT2D eigenvalue weighted by Gasteiger charge is 2.20. The van der Waals surface area contributed by atoms with Gasteiger partial charge in [0.15, 0.2) is 10.1 Å². The molecule has 0 saturated heterocycles. The van der Waals surface area contributed by atoms with Crippen LogP contribution in [0.15, 0.2) is 42.7 Å². The van der Waals surface area contributed by atoms with Crippen molar-refractivity contribution in [1.29, 1.82) is 0 Å². The Bertz CT molecular complexity index is 1130. The largest absolute Gasteiger partial charge is 0.345 e. The Morgan fingerprint density at radius 2 is 2.04 bits per heavy atom. The minimum Gasteiger partial charge on any atom is -0.297 e. The Labute approximate surface area is 154 Å². The zero-order valence-corrected chi connectivity index (χ0v) is 15.0. The summed E-state index contributed by atoms with van der Waals surface area (Å²) in [5.41, 5.74) is 2.59. The summed E-state index contributed by atoms with van der Waals surface area (Å²) >= 11 is 2.08. The van der Waals surface area contributed by atoms with Crippen molar-refractivity contribution in [2.24, 2.45) is 0 Å². The lowest BCUT2D eigenvalue weighted by Gasteiger charge is -2.00. The highest BCUT2D eigenvalue weighted by Crippen LogP contribution is 2.29. The molecule has 0 spiro atoms. The molecule has 0 atom stereocenters. The molecule has 4 aromatic rings. The summed E-state index contributed by atoms with van der Waals surface area (Å²) in [6.07, 6.45) is 3.02. The second-order valence-electron chi connectivity index (χ2n) is 5.38. The lowest BCUT2D eigenvalue weighted by molar-refractivity contribution is -0.380. The van der Waals surface area contributed by atoms with Crippen LogP contribution in [0.4, 0.5) is 10.1 Å². The molecule has 1 aromatic carbocycles. The van der Waals surface area contributed by atoms with Crippen molar-refractivity contribution in [3.05, 3.63) is 63.4 Å². The van der Waals surface area contributed by atoms with Crippen molar-refractivity contribution in [2.75, 3.05) is 5.32 Å². The van der Waals surface area contributed by atoms with Gasteiger partial charge in [0.1, 0.15) is 11.1 Å². The topological polar surface area (TPSA) is 102 Å². The molecule has 0 radical (unpaired) electrons. The van der Waals surface area contributed by atoms with Gasteiger partial charge in [0.2, 0.25) is 0 Å². The summed E-state index contributed by atoms with van der Waals surface area (Å²) in [5.74, 6) is -0.358. The van der Waals surface area contributed by atoms with Gasteiger partial charge in [0, 0.05) is 17.5 Å². The van der Waals surface area contributed by atoms with Gasteiger partial charge in [0.25, 0.3) is 5.91 Å². The van der Waals surface area contributed by atoms with Crippen molar-refractivity contribution in [2.45, 2.75) is 6.92 Å². The van der Waals surface area contributed by atoms with Crippen LogP contribution in [-0.4, -0.2) is 25.2 Å². The molecule has 26 heavy (non-hydrogen) atoms. The molecule has 0 fully saturated rings. The predicted molar refractivity (Wildman–Crippen MR) is 100.0 cm³/mol. The van der Waals surface area contributed by atoms with E-state index in [1.54, 1.807) is 0 Å². The molecule has 130 valence electrons. The predicted octanol–water partition coefficient (Wildman–Crippen LogP) is 3.99. The highest BCUT2D eigenvalue weighted by molar-refractivity contribution is 7.20. The molecule has 3 heterocycles. The number of fused-ring (bicyclic) bond motifs is 1. The standard InChI is InChI=1S/C16H11N5O3S2/c1-9-13(14(22)19-15-17-7-12(25-15)21(23)24)26-16-18-11(8-20(9)16)10-5-3-2-4-6-10/h2-8H,1H3,(H,17,19,22). The van der Waals surface area contributed by atoms with Crippen molar-refractivity contribution >= 4 is 43.7 Å². The maximum atomic E-state index is 12.5. The number of benzene rings is 1. The number of hydrogen-bond donors (Lipinski definition) is 1. The fourth-order valence-corrected chi connectivity index (χ4v) is 4.10. The lowest BCUT2D eigenvalue weighted by Crippen LogP contribution is -2.11. The van der Waals surface area contributed by atoms with Crippen molar-refractivity contribution < 1.29 is 9.72 Å². The average Bonchev–Trinajstić information content (AvgIpc) is 3.32. The smallest absolute Gasteiger partial charge is 0.297 e. The fraction of sp³-hybridized carbons (Fsp3) is 0.0625. The number of nitrogens with one attached hydrogen (secondary N) is 1. The van der Waals surface area contributed by atoms with Crippen LogP contribution in [0.3, 0.4) is 0 Å². The molecule has 1 amide bonds. The van der Waals surface area contributed by atoms with Gasteiger partial charge in [-0.2, -0.15) is 0 Å². The number of carbonyl (C=O) groups is 1. The number of imidazole rings is 1. The van der Waals surface area contributed by atoms with E-state index in [1.807, 2.05) is 47.9 Å². The van der Waals surface area contributed by atoms with E-state index in [2.05, 4.69) is 15.3 Å². The summed E-state index contributed by atoms with van der Waals surface area (Å²) in [7, 11) is 0. The quantitative estimate of drug-likeness (QED) is 0.423. The van der Waals surface area contributed by atoms with Gasteiger partial charge in [-0.3, -0.25) is 24.6 Å². The monoisotopic (exact) mass is 385 g/mol. The third-order valence-corrected chi connectivity index (χ3v) is 5.75. The number of thiazole rings is 2. The van der Waals surface area contributed by atoms with Crippen molar-refractivity contribution in [3.8, 4) is 11.3 Å². The minimum absolute atomic E-state index is 0.120. The Kier molecular flexibility index (Phi) is 3.98. The van der Waals surface area contributed by atoms with E-state index >= 15 is 0 Å². The summed E-state index contributed by atoms with van der Waals surface area (Å²) in [4.78, 5) is 32.3. The van der Waals surface area contributed by atoms with Crippen LogP contribution in [0.1, 0.15) is 15.4 Å². The normalized spacial score (nSPS) is 11.0. The number of amides is 1. The number of rotatable bonds is 4. The Balaban J connectivity index is 1.62. The summed E-state index contributed by atoms with van der Waals surface area (Å²) < 4.78 is 1.87. The number of carbonyl (C=O) groups excluding carboxylic acids is 1. The Morgan fingerprint density at radius 1 is 1.27 bits per heavy atom. The minimum atomic E-state index is -0.539. The van der Waals surface area contributed by atoms with E-state index in [4.69, 9.17) is 0 Å². The number of nitro groups is 1. The van der Waals surface area contributed by atoms with Gasteiger partial charge < -0.3 is 0 Å². The van der Waals surface area contributed by atoms with E-state index in [9.17, 15) is 14.9 Å². The lowest BCUT2D eigenvalue weighted by atomic mass is 10.2. The SMILES string of the molecule is Cc1c(C(=O)Nc2ncc([N+](=O)[O-])s2)sc2nc(-c3ccccc3)cn12. The third kappa shape index (κ3) is 2.85. The summed E-state index contributed by atoms with van der Waals surface area (Å²) in [6.45, 7) is 1.83. The zero-order valence-electron chi connectivity index (χ0n) is 13.4. The molecular weight excluding hydrogens is 374 g/mol. The molecule has 0 aliphatic rings. The van der Waals surface area contributed by atoms with Crippen LogP contribution in [0.2, 0.25) is 0 Å². The summed E-state index contributed by atoms with van der Waals surface area (Å²) in [6, 6.07) is 9.79. The zero-order chi connectivity index (χ0) is 18.3. The van der Waals surface area contributed by atoms with Gasteiger partial charge in [-0.05, 0) is 18.3 Å². The van der Waals surface area contributed by atoms with Crippen molar-refractivity contribution in [1.82, 2.24) is 14.4 Å². The van der Waals surface area contributed by atoms with Gasteiger partial charge in [-0.25, -0.2) is 9.97 Å². The van der Waals surface area contributed by atoms with Crippen molar-refractivity contribution in [3.63, 3.8) is 0 Å². The van der Waals surface area contributed by atoms with Crippen LogP contribution in [-0.2, 0) is 0 Å². The van der Waals surface area contributed by atoms with Crippen LogP contribution in [0, 0.1) is 17.0 Å². The Hall–Kier alpha value is -3.11. The van der Waals surface area contributed by atoms with E-state index in [0.29, 0.717) is 9.84 Å². The number of nitrogens with zero attached hydrogens (tertiary/aromatic N) is 4. The molecule has 0 aliphatic carbocycles. The molecule has 4 rings (SSSR count). The average molecular weight is 385 g/mol. The first-order valence-electron chi connectivity index (χ1n) is 7.48. The molecule has 10 heteroatoms. The Morgan fingerprint density at radius 3 is 2.69 bits per heavy atom. The first kappa shape index (κ1) is 16.4. The molecule has 0 bridgehead atoms. The van der Waals surface area contributed by atoms with E-state index < -0.39 is 4.92 Å². The first-order chi connectivity index (χ1) is 12.5. The van der Waals surface area contributed by atoms with Crippen LogP contribution >= 0.6 is 22.7 Å². The van der Waals surface area contributed by atoms with Gasteiger partial charge in [-0.1, -0.05) is 41.7 Å². The first-order valence-corrected chi connectivity index (χ1v) is 9.11. The van der Waals surface area contributed by atoms with Crippen LogP contribution < -0.4 is 5.32 Å². The number of aromatic nitrogens is 3. The van der Waals surface area contributed by atoms with Crippen LogP contribution in [0.25, 0.3) is 16.2 Å². The van der Waals surface area contributed by atoms with Gasteiger partial charge >= 0.3 is 5.00 Å². The molecular formula is C16H11N5O3S2. The molecule has 0 unspecified atom stereocenters. The number of anilines is 1. The maximum Gasteiger partial charge on any atom is 0.345 e. The molecule has 3 aromatic heterocycles.